The quantitative estimate of drug-likeness (QED) is 0.687. The minimum Gasteiger partial charge on any atom is -0.450 e. The predicted molar refractivity (Wildman–Crippen MR) is 104 cm³/mol. The van der Waals surface area contributed by atoms with Crippen molar-refractivity contribution in [2.75, 3.05) is 60.0 Å². The molecule has 0 saturated carbocycles. The number of carbonyl (C=O) groups is 3. The second kappa shape index (κ2) is 10.6. The van der Waals surface area contributed by atoms with E-state index in [1.165, 1.54) is 0 Å². The maximum absolute atomic E-state index is 12.7. The molecule has 1 aliphatic heterocycles. The summed E-state index contributed by atoms with van der Waals surface area (Å²) >= 11 is 0. The van der Waals surface area contributed by atoms with Crippen LogP contribution in [-0.4, -0.2) is 97.6 Å². The Kier molecular flexibility index (Phi) is 8.19. The number of hydrogen-bond acceptors (Lipinski definition) is 6. The highest BCUT2D eigenvalue weighted by molar-refractivity contribution is 5.96. The molecule has 1 aromatic rings. The molecule has 0 spiro atoms. The van der Waals surface area contributed by atoms with Crippen LogP contribution in [-0.2, 0) is 4.74 Å². The Balaban J connectivity index is 1.90. The van der Waals surface area contributed by atoms with E-state index in [9.17, 15) is 14.4 Å². The Morgan fingerprint density at radius 2 is 1.75 bits per heavy atom. The summed E-state index contributed by atoms with van der Waals surface area (Å²) in [5, 5.41) is 2.82. The van der Waals surface area contributed by atoms with Gasteiger partial charge < -0.3 is 24.8 Å². The molecule has 1 fully saturated rings. The zero-order chi connectivity index (χ0) is 20.5. The second-order valence-corrected chi connectivity index (χ2v) is 6.80. The van der Waals surface area contributed by atoms with Gasteiger partial charge in [0.05, 0.1) is 6.61 Å². The highest BCUT2D eigenvalue weighted by Crippen LogP contribution is 2.09. The fourth-order valence-electron chi connectivity index (χ4n) is 2.84. The van der Waals surface area contributed by atoms with Gasteiger partial charge in [-0.25, -0.2) is 9.78 Å². The number of nitrogens with zero attached hydrogens (tertiary/aromatic N) is 4. The Morgan fingerprint density at radius 3 is 2.39 bits per heavy atom. The van der Waals surface area contributed by atoms with Gasteiger partial charge in [0, 0.05) is 32.7 Å². The molecular formula is C19H29N5O4. The minimum atomic E-state index is -0.361. The van der Waals surface area contributed by atoms with Crippen molar-refractivity contribution in [3.05, 3.63) is 29.6 Å². The number of ether oxygens (including phenoxy) is 1. The van der Waals surface area contributed by atoms with Crippen molar-refractivity contribution in [1.29, 1.82) is 0 Å². The highest BCUT2D eigenvalue weighted by atomic mass is 16.6. The molecule has 0 aromatic carbocycles. The SMILES string of the molecule is CCOC(=O)N1CCN(C(=O)c2cccc(C(=O)NCCCN(C)C)n2)CC1. The van der Waals surface area contributed by atoms with Crippen LogP contribution in [0.3, 0.4) is 0 Å². The number of hydrogen-bond donors (Lipinski definition) is 1. The van der Waals surface area contributed by atoms with Crippen LogP contribution in [0.5, 0.6) is 0 Å². The molecule has 28 heavy (non-hydrogen) atoms. The van der Waals surface area contributed by atoms with Crippen molar-refractivity contribution < 1.29 is 19.1 Å². The van der Waals surface area contributed by atoms with E-state index in [2.05, 4.69) is 10.3 Å². The zero-order valence-corrected chi connectivity index (χ0v) is 16.8. The first-order valence-electron chi connectivity index (χ1n) is 9.53. The van der Waals surface area contributed by atoms with Gasteiger partial charge in [-0.3, -0.25) is 9.59 Å². The van der Waals surface area contributed by atoms with E-state index in [0.29, 0.717) is 39.3 Å². The number of nitrogens with one attached hydrogen (secondary N) is 1. The van der Waals surface area contributed by atoms with Gasteiger partial charge in [0.25, 0.3) is 11.8 Å². The summed E-state index contributed by atoms with van der Waals surface area (Å²) in [6.45, 7) is 5.14. The van der Waals surface area contributed by atoms with Gasteiger partial charge in [-0.1, -0.05) is 6.07 Å². The van der Waals surface area contributed by atoms with Crippen LogP contribution < -0.4 is 5.32 Å². The molecule has 0 atom stereocenters. The Labute approximate surface area is 165 Å². The molecule has 9 nitrogen and oxygen atoms in total. The second-order valence-electron chi connectivity index (χ2n) is 6.80. The summed E-state index contributed by atoms with van der Waals surface area (Å²) in [7, 11) is 3.95. The smallest absolute Gasteiger partial charge is 0.409 e. The molecule has 0 unspecified atom stereocenters. The standard InChI is InChI=1S/C19H29N5O4/c1-4-28-19(27)24-13-11-23(12-14-24)18(26)16-8-5-7-15(21-16)17(25)20-9-6-10-22(2)3/h5,7-8H,4,6,9-14H2,1-3H3,(H,20,25). The monoisotopic (exact) mass is 391 g/mol. The fraction of sp³-hybridized carbons (Fsp3) is 0.579. The average molecular weight is 391 g/mol. The summed E-state index contributed by atoms with van der Waals surface area (Å²) in [6, 6.07) is 4.85. The van der Waals surface area contributed by atoms with Crippen LogP contribution in [0.2, 0.25) is 0 Å². The van der Waals surface area contributed by atoms with E-state index in [0.717, 1.165) is 13.0 Å². The van der Waals surface area contributed by atoms with Gasteiger partial charge in [0.15, 0.2) is 0 Å². The van der Waals surface area contributed by atoms with E-state index in [4.69, 9.17) is 4.74 Å². The van der Waals surface area contributed by atoms with E-state index in [-0.39, 0.29) is 29.3 Å². The molecule has 1 saturated heterocycles. The largest absolute Gasteiger partial charge is 0.450 e. The lowest BCUT2D eigenvalue weighted by Gasteiger charge is -2.33. The number of carbonyl (C=O) groups excluding carboxylic acids is 3. The number of rotatable bonds is 7. The molecule has 2 rings (SSSR count). The molecule has 1 aliphatic rings. The third-order valence-electron chi connectivity index (χ3n) is 4.36. The van der Waals surface area contributed by atoms with Crippen molar-refractivity contribution in [2.24, 2.45) is 0 Å². The van der Waals surface area contributed by atoms with Crippen LogP contribution in [0.1, 0.15) is 34.3 Å². The third-order valence-corrected chi connectivity index (χ3v) is 4.36. The summed E-state index contributed by atoms with van der Waals surface area (Å²) in [6.07, 6.45) is 0.475. The van der Waals surface area contributed by atoms with E-state index < -0.39 is 0 Å². The van der Waals surface area contributed by atoms with Gasteiger partial charge in [-0.2, -0.15) is 0 Å². The minimum absolute atomic E-state index is 0.223. The molecule has 1 aromatic heterocycles. The van der Waals surface area contributed by atoms with Crippen molar-refractivity contribution >= 4 is 17.9 Å². The molecule has 1 N–H and O–H groups in total. The first-order chi connectivity index (χ1) is 13.4. The van der Waals surface area contributed by atoms with Crippen molar-refractivity contribution in [3.8, 4) is 0 Å². The molecule has 0 radical (unpaired) electrons. The average Bonchev–Trinajstić information content (AvgIpc) is 2.70. The van der Waals surface area contributed by atoms with E-state index in [1.54, 1.807) is 34.9 Å². The van der Waals surface area contributed by atoms with Gasteiger partial charge >= 0.3 is 6.09 Å². The van der Waals surface area contributed by atoms with Crippen LogP contribution in [0, 0.1) is 0 Å². The fourth-order valence-corrected chi connectivity index (χ4v) is 2.84. The van der Waals surface area contributed by atoms with E-state index in [1.807, 2.05) is 19.0 Å². The summed E-state index contributed by atoms with van der Waals surface area (Å²) in [5.41, 5.74) is 0.450. The molecular weight excluding hydrogens is 362 g/mol. The lowest BCUT2D eigenvalue weighted by atomic mass is 10.2. The first-order valence-corrected chi connectivity index (χ1v) is 9.53. The molecule has 0 aliphatic carbocycles. The normalized spacial score (nSPS) is 14.1. The third kappa shape index (κ3) is 6.19. The molecule has 3 amide bonds. The molecule has 0 bridgehead atoms. The number of piperazine rings is 1. The maximum atomic E-state index is 12.7. The first kappa shape index (κ1) is 21.6. The van der Waals surface area contributed by atoms with Crippen molar-refractivity contribution in [2.45, 2.75) is 13.3 Å². The van der Waals surface area contributed by atoms with Gasteiger partial charge in [-0.15, -0.1) is 0 Å². The maximum Gasteiger partial charge on any atom is 0.409 e. The number of aromatic nitrogens is 1. The summed E-state index contributed by atoms with van der Waals surface area (Å²) in [4.78, 5) is 46.2. The van der Waals surface area contributed by atoms with Crippen molar-refractivity contribution in [3.63, 3.8) is 0 Å². The Hall–Kier alpha value is -2.68. The Bertz CT molecular complexity index is 687. The lowest BCUT2D eigenvalue weighted by molar-refractivity contribution is 0.0565. The van der Waals surface area contributed by atoms with Gasteiger partial charge in [0.2, 0.25) is 0 Å². The lowest BCUT2D eigenvalue weighted by Crippen LogP contribution is -2.50. The zero-order valence-electron chi connectivity index (χ0n) is 16.8. The van der Waals surface area contributed by atoms with Crippen LogP contribution in [0.15, 0.2) is 18.2 Å². The van der Waals surface area contributed by atoms with Crippen LogP contribution in [0.4, 0.5) is 4.79 Å². The summed E-state index contributed by atoms with van der Waals surface area (Å²) < 4.78 is 4.98. The van der Waals surface area contributed by atoms with Crippen LogP contribution in [0.25, 0.3) is 0 Å². The van der Waals surface area contributed by atoms with Gasteiger partial charge in [0.1, 0.15) is 11.4 Å². The highest BCUT2D eigenvalue weighted by Gasteiger charge is 2.26. The van der Waals surface area contributed by atoms with Crippen molar-refractivity contribution in [1.82, 2.24) is 25.0 Å². The summed E-state index contributed by atoms with van der Waals surface area (Å²) in [5.74, 6) is -0.536. The molecule has 154 valence electrons. The number of amides is 3. The predicted octanol–water partition coefficient (Wildman–Crippen LogP) is 0.677. The topological polar surface area (TPSA) is 95.1 Å². The number of pyridine rings is 1. The van der Waals surface area contributed by atoms with Gasteiger partial charge in [-0.05, 0) is 46.1 Å². The van der Waals surface area contributed by atoms with E-state index >= 15 is 0 Å². The molecule has 9 heteroatoms. The molecule has 2 heterocycles. The van der Waals surface area contributed by atoms with Crippen LogP contribution >= 0.6 is 0 Å². The Morgan fingerprint density at radius 1 is 1.11 bits per heavy atom.